The number of alkyl halides is 3. The van der Waals surface area contributed by atoms with Crippen LogP contribution in [0.15, 0.2) is 18.3 Å². The summed E-state index contributed by atoms with van der Waals surface area (Å²) < 4.78 is 40.7. The first-order chi connectivity index (χ1) is 10.9. The molecule has 1 fully saturated rings. The predicted octanol–water partition coefficient (Wildman–Crippen LogP) is 3.82. The molecule has 0 atom stereocenters. The third-order valence-electron chi connectivity index (χ3n) is 3.51. The second-order valence-corrected chi connectivity index (χ2v) is 5.47. The van der Waals surface area contributed by atoms with Gasteiger partial charge in [-0.3, -0.25) is 0 Å². The van der Waals surface area contributed by atoms with Crippen molar-refractivity contribution in [2.45, 2.75) is 38.3 Å². The molecule has 0 bridgehead atoms. The van der Waals surface area contributed by atoms with Crippen LogP contribution in [0.5, 0.6) is 5.88 Å². The van der Waals surface area contributed by atoms with Gasteiger partial charge in [0.2, 0.25) is 5.88 Å². The quantitative estimate of drug-likeness (QED) is 0.916. The monoisotopic (exact) mass is 331 g/mol. The highest BCUT2D eigenvalue weighted by molar-refractivity contribution is 5.89. The first kappa shape index (κ1) is 17.4. The van der Waals surface area contributed by atoms with Crippen molar-refractivity contribution in [1.82, 2.24) is 9.88 Å². The Kier molecular flexibility index (Phi) is 6.06. The number of nitrogens with zero attached hydrogens (tertiary/aromatic N) is 2. The first-order valence-electron chi connectivity index (χ1n) is 7.65. The van der Waals surface area contributed by atoms with Crippen molar-refractivity contribution in [3.63, 3.8) is 0 Å². The Bertz CT molecular complexity index is 498. The van der Waals surface area contributed by atoms with E-state index in [0.717, 1.165) is 25.7 Å². The number of likely N-dealkylation sites (tertiary alicyclic amines) is 1. The average molecular weight is 331 g/mol. The van der Waals surface area contributed by atoms with E-state index in [1.165, 1.54) is 24.8 Å². The zero-order valence-corrected chi connectivity index (χ0v) is 12.7. The van der Waals surface area contributed by atoms with Gasteiger partial charge in [-0.2, -0.15) is 13.2 Å². The molecule has 1 aliphatic rings. The normalized spacial score (nSPS) is 16.4. The number of carbonyl (C=O) groups excluding carboxylic acids is 1. The van der Waals surface area contributed by atoms with Crippen LogP contribution in [0, 0.1) is 0 Å². The molecule has 0 aromatic carbocycles. The fourth-order valence-electron chi connectivity index (χ4n) is 2.35. The van der Waals surface area contributed by atoms with Crippen LogP contribution in [0.2, 0.25) is 0 Å². The lowest BCUT2D eigenvalue weighted by molar-refractivity contribution is -0.154. The molecule has 23 heavy (non-hydrogen) atoms. The summed E-state index contributed by atoms with van der Waals surface area (Å²) in [5.74, 6) is -0.133. The third-order valence-corrected chi connectivity index (χ3v) is 3.51. The van der Waals surface area contributed by atoms with E-state index in [9.17, 15) is 18.0 Å². The second-order valence-electron chi connectivity index (χ2n) is 5.47. The Hall–Kier alpha value is -1.99. The summed E-state index contributed by atoms with van der Waals surface area (Å²) in [6.45, 7) is 0.0392. The third kappa shape index (κ3) is 6.33. The number of hydrogen-bond acceptors (Lipinski definition) is 3. The lowest BCUT2D eigenvalue weighted by Crippen LogP contribution is -2.37. The molecule has 2 amide bonds. The second kappa shape index (κ2) is 8.03. The van der Waals surface area contributed by atoms with Crippen LogP contribution in [-0.4, -0.2) is 41.8 Å². The fourth-order valence-corrected chi connectivity index (χ4v) is 2.35. The molecule has 0 aliphatic carbocycles. The van der Waals surface area contributed by atoms with E-state index in [4.69, 9.17) is 0 Å². The van der Waals surface area contributed by atoms with Crippen molar-refractivity contribution in [2.24, 2.45) is 0 Å². The SMILES string of the molecule is O=C(Nc1ccc(OCC(F)(F)F)nc1)N1CCCCCCC1. The average Bonchev–Trinajstić information content (AvgIpc) is 2.45. The van der Waals surface area contributed by atoms with Gasteiger partial charge in [0.05, 0.1) is 11.9 Å². The lowest BCUT2D eigenvalue weighted by atomic mass is 10.1. The summed E-state index contributed by atoms with van der Waals surface area (Å²) in [5.41, 5.74) is 0.427. The van der Waals surface area contributed by atoms with E-state index in [1.807, 2.05) is 0 Å². The van der Waals surface area contributed by atoms with Crippen molar-refractivity contribution >= 4 is 11.7 Å². The van der Waals surface area contributed by atoms with Gasteiger partial charge in [0.15, 0.2) is 6.61 Å². The van der Waals surface area contributed by atoms with E-state index in [-0.39, 0.29) is 11.9 Å². The van der Waals surface area contributed by atoms with Gasteiger partial charge in [0, 0.05) is 19.2 Å². The standard InChI is InChI=1S/C15H20F3N3O2/c16-15(17,18)11-23-13-7-6-12(10-19-13)20-14(22)21-8-4-2-1-3-5-9-21/h6-7,10H,1-5,8-9,11H2,(H,20,22). The van der Waals surface area contributed by atoms with Crippen molar-refractivity contribution < 1.29 is 22.7 Å². The number of nitrogens with one attached hydrogen (secondary N) is 1. The van der Waals surface area contributed by atoms with E-state index in [1.54, 1.807) is 4.90 Å². The fraction of sp³-hybridized carbons (Fsp3) is 0.600. The summed E-state index contributed by atoms with van der Waals surface area (Å²) in [7, 11) is 0. The Labute approximate surface area is 132 Å². The van der Waals surface area contributed by atoms with Crippen LogP contribution in [-0.2, 0) is 0 Å². The maximum absolute atomic E-state index is 12.2. The molecule has 2 rings (SSSR count). The number of hydrogen-bond donors (Lipinski definition) is 1. The number of anilines is 1. The molecule has 1 aromatic heterocycles. The number of halogens is 3. The topological polar surface area (TPSA) is 54.5 Å². The van der Waals surface area contributed by atoms with E-state index < -0.39 is 12.8 Å². The van der Waals surface area contributed by atoms with Gasteiger partial charge in [-0.1, -0.05) is 19.3 Å². The highest BCUT2D eigenvalue weighted by Crippen LogP contribution is 2.18. The smallest absolute Gasteiger partial charge is 0.422 e. The minimum Gasteiger partial charge on any atom is -0.468 e. The summed E-state index contributed by atoms with van der Waals surface area (Å²) in [5, 5.41) is 2.71. The summed E-state index contributed by atoms with van der Waals surface area (Å²) >= 11 is 0. The molecule has 1 N–H and O–H groups in total. The molecule has 1 aromatic rings. The summed E-state index contributed by atoms with van der Waals surface area (Å²) in [4.78, 5) is 17.7. The van der Waals surface area contributed by atoms with E-state index >= 15 is 0 Å². The van der Waals surface area contributed by atoms with Crippen molar-refractivity contribution in [3.05, 3.63) is 18.3 Å². The molecular formula is C15H20F3N3O2. The van der Waals surface area contributed by atoms with Gasteiger partial charge in [-0.15, -0.1) is 0 Å². The molecule has 1 saturated heterocycles. The Morgan fingerprint density at radius 3 is 2.39 bits per heavy atom. The largest absolute Gasteiger partial charge is 0.468 e. The number of ether oxygens (including phenoxy) is 1. The van der Waals surface area contributed by atoms with Crippen LogP contribution in [0.1, 0.15) is 32.1 Å². The van der Waals surface area contributed by atoms with Crippen molar-refractivity contribution in [2.75, 3.05) is 25.0 Å². The van der Waals surface area contributed by atoms with Crippen LogP contribution in [0.25, 0.3) is 0 Å². The van der Waals surface area contributed by atoms with Crippen LogP contribution in [0.3, 0.4) is 0 Å². The van der Waals surface area contributed by atoms with E-state index in [0.29, 0.717) is 18.8 Å². The molecule has 128 valence electrons. The molecule has 0 spiro atoms. The van der Waals surface area contributed by atoms with E-state index in [2.05, 4.69) is 15.0 Å². The zero-order chi connectivity index (χ0) is 16.7. The highest BCUT2D eigenvalue weighted by atomic mass is 19.4. The van der Waals surface area contributed by atoms with Gasteiger partial charge < -0.3 is 15.0 Å². The number of pyridine rings is 1. The lowest BCUT2D eigenvalue weighted by Gasteiger charge is -2.25. The first-order valence-corrected chi connectivity index (χ1v) is 7.65. The molecule has 2 heterocycles. The Balaban J connectivity index is 1.85. The highest BCUT2D eigenvalue weighted by Gasteiger charge is 2.28. The molecule has 0 saturated carbocycles. The van der Waals surface area contributed by atoms with Gasteiger partial charge in [0.1, 0.15) is 0 Å². The number of rotatable bonds is 3. The van der Waals surface area contributed by atoms with Crippen molar-refractivity contribution in [1.29, 1.82) is 0 Å². The molecule has 5 nitrogen and oxygen atoms in total. The minimum absolute atomic E-state index is 0.133. The van der Waals surface area contributed by atoms with Crippen LogP contribution in [0.4, 0.5) is 23.7 Å². The summed E-state index contributed by atoms with van der Waals surface area (Å²) in [6, 6.07) is 2.56. The molecule has 0 unspecified atom stereocenters. The molecule has 8 heteroatoms. The van der Waals surface area contributed by atoms with Gasteiger partial charge in [0.25, 0.3) is 0 Å². The van der Waals surface area contributed by atoms with Crippen molar-refractivity contribution in [3.8, 4) is 5.88 Å². The zero-order valence-electron chi connectivity index (χ0n) is 12.7. The number of urea groups is 1. The Morgan fingerprint density at radius 1 is 1.17 bits per heavy atom. The van der Waals surface area contributed by atoms with Gasteiger partial charge in [-0.05, 0) is 18.9 Å². The van der Waals surface area contributed by atoms with Crippen LogP contribution < -0.4 is 10.1 Å². The molecular weight excluding hydrogens is 311 g/mol. The summed E-state index contributed by atoms with van der Waals surface area (Å²) in [6.07, 6.45) is 2.30. The number of carbonyl (C=O) groups is 1. The maximum atomic E-state index is 12.2. The maximum Gasteiger partial charge on any atom is 0.422 e. The number of aromatic nitrogens is 1. The molecule has 0 radical (unpaired) electrons. The predicted molar refractivity (Wildman–Crippen MR) is 79.5 cm³/mol. The number of amides is 2. The van der Waals surface area contributed by atoms with Crippen LogP contribution >= 0.6 is 0 Å². The Morgan fingerprint density at radius 2 is 1.83 bits per heavy atom. The van der Waals surface area contributed by atoms with Gasteiger partial charge in [-0.25, -0.2) is 9.78 Å². The molecule has 1 aliphatic heterocycles. The minimum atomic E-state index is -4.40. The van der Waals surface area contributed by atoms with Gasteiger partial charge >= 0.3 is 12.2 Å².